The highest BCUT2D eigenvalue weighted by molar-refractivity contribution is 6.32. The predicted octanol–water partition coefficient (Wildman–Crippen LogP) is 7.03. The standard InChI is InChI=1S/C32H28ClFN4O4/c33-27-17-25(10-12-29(27)41-18-20-4-3-5-24(34)14-20)37-31-26-16-22(9-11-28(26)35-19-36-31)21-7-8-23(15-21)32(39)38-42-30-6-1-2-13-40-30/h3-5,7-12,14,16-17,19,30H,1-2,6,13,15,18H2,(H,38,39)(H,35,36,37). The number of hydrogen-bond donors (Lipinski definition) is 2. The van der Waals surface area contributed by atoms with E-state index in [0.29, 0.717) is 46.4 Å². The Hall–Kier alpha value is -4.31. The van der Waals surface area contributed by atoms with Gasteiger partial charge in [-0.1, -0.05) is 42.0 Å². The van der Waals surface area contributed by atoms with Gasteiger partial charge < -0.3 is 14.8 Å². The van der Waals surface area contributed by atoms with Crippen LogP contribution in [0.2, 0.25) is 5.02 Å². The van der Waals surface area contributed by atoms with Crippen LogP contribution in [0.5, 0.6) is 5.75 Å². The molecule has 1 atom stereocenters. The summed E-state index contributed by atoms with van der Waals surface area (Å²) in [6, 6.07) is 17.5. The molecular weight excluding hydrogens is 559 g/mol. The van der Waals surface area contributed by atoms with Gasteiger partial charge in [0.25, 0.3) is 5.91 Å². The summed E-state index contributed by atoms with van der Waals surface area (Å²) in [4.78, 5) is 27.0. The van der Waals surface area contributed by atoms with Crippen LogP contribution in [0.3, 0.4) is 0 Å². The fourth-order valence-electron chi connectivity index (χ4n) is 4.84. The summed E-state index contributed by atoms with van der Waals surface area (Å²) in [6.45, 7) is 0.835. The highest BCUT2D eigenvalue weighted by Gasteiger charge is 2.21. The van der Waals surface area contributed by atoms with Crippen LogP contribution in [-0.4, -0.2) is 28.8 Å². The molecule has 1 saturated heterocycles. The quantitative estimate of drug-likeness (QED) is 0.203. The number of amides is 1. The third kappa shape index (κ3) is 6.60. The first-order chi connectivity index (χ1) is 20.5. The van der Waals surface area contributed by atoms with Crippen LogP contribution in [0.1, 0.15) is 36.8 Å². The van der Waals surface area contributed by atoms with Crippen molar-refractivity contribution in [3.63, 3.8) is 0 Å². The van der Waals surface area contributed by atoms with Crippen molar-refractivity contribution in [1.82, 2.24) is 15.4 Å². The summed E-state index contributed by atoms with van der Waals surface area (Å²) in [6.07, 6.45) is 8.09. The number of carbonyl (C=O) groups excluding carboxylic acids is 1. The summed E-state index contributed by atoms with van der Waals surface area (Å²) in [5, 5.41) is 4.54. The molecule has 214 valence electrons. The fourth-order valence-corrected chi connectivity index (χ4v) is 5.08. The van der Waals surface area contributed by atoms with E-state index in [4.69, 9.17) is 25.9 Å². The van der Waals surface area contributed by atoms with E-state index in [2.05, 4.69) is 20.8 Å². The molecule has 0 saturated carbocycles. The molecule has 3 aromatic carbocycles. The molecule has 6 rings (SSSR count). The van der Waals surface area contributed by atoms with Gasteiger partial charge in [-0.25, -0.2) is 24.7 Å². The van der Waals surface area contributed by atoms with E-state index in [1.807, 2.05) is 30.3 Å². The average molecular weight is 587 g/mol. The maximum atomic E-state index is 13.5. The summed E-state index contributed by atoms with van der Waals surface area (Å²) in [5.41, 5.74) is 7.27. The molecule has 1 aromatic heterocycles. The van der Waals surface area contributed by atoms with Crippen LogP contribution in [0.15, 0.2) is 84.7 Å². The fraction of sp³-hybridized carbons (Fsp3) is 0.219. The van der Waals surface area contributed by atoms with Gasteiger partial charge in [0.05, 0.1) is 10.5 Å². The number of rotatable bonds is 9. The number of benzene rings is 3. The first-order valence-electron chi connectivity index (χ1n) is 13.7. The number of aromatic nitrogens is 2. The van der Waals surface area contributed by atoms with E-state index in [1.165, 1.54) is 18.5 Å². The van der Waals surface area contributed by atoms with E-state index in [0.717, 1.165) is 41.3 Å². The van der Waals surface area contributed by atoms with Gasteiger partial charge in [-0.2, -0.15) is 0 Å². The first-order valence-corrected chi connectivity index (χ1v) is 14.1. The molecular formula is C32H28ClFN4O4. The Bertz CT molecular complexity index is 1690. The normalized spacial score (nSPS) is 16.6. The molecule has 8 nitrogen and oxygen atoms in total. The summed E-state index contributed by atoms with van der Waals surface area (Å²) in [5.74, 6) is 0.501. The minimum absolute atomic E-state index is 0.194. The van der Waals surface area contributed by atoms with Crippen molar-refractivity contribution in [2.24, 2.45) is 0 Å². The van der Waals surface area contributed by atoms with Crippen molar-refractivity contribution in [2.45, 2.75) is 38.6 Å². The van der Waals surface area contributed by atoms with Crippen molar-refractivity contribution < 1.29 is 23.5 Å². The van der Waals surface area contributed by atoms with Gasteiger partial charge in [-0.05, 0) is 72.0 Å². The molecule has 1 amide bonds. The Kier molecular flexibility index (Phi) is 8.41. The number of carbonyl (C=O) groups is 1. The SMILES string of the molecule is O=C(NOC1CCCCO1)C1=CC=C(c2ccc3ncnc(Nc4ccc(OCc5cccc(F)c5)c(Cl)c4)c3c2)C1. The molecule has 1 unspecified atom stereocenters. The van der Waals surface area contributed by atoms with E-state index < -0.39 is 6.29 Å². The van der Waals surface area contributed by atoms with E-state index >= 15 is 0 Å². The molecule has 1 aliphatic heterocycles. The summed E-state index contributed by atoms with van der Waals surface area (Å²) in [7, 11) is 0. The number of allylic oxidation sites excluding steroid dienone is 3. The van der Waals surface area contributed by atoms with E-state index in [9.17, 15) is 9.18 Å². The van der Waals surface area contributed by atoms with Crippen LogP contribution in [0, 0.1) is 5.82 Å². The maximum absolute atomic E-state index is 13.5. The largest absolute Gasteiger partial charge is 0.487 e. The van der Waals surface area contributed by atoms with Crippen molar-refractivity contribution in [3.8, 4) is 5.75 Å². The second kappa shape index (κ2) is 12.7. The second-order valence-electron chi connectivity index (χ2n) is 10.0. The van der Waals surface area contributed by atoms with Crippen molar-refractivity contribution >= 4 is 45.5 Å². The molecule has 0 radical (unpaired) electrons. The highest BCUT2D eigenvalue weighted by Crippen LogP contribution is 2.34. The third-order valence-electron chi connectivity index (χ3n) is 7.06. The number of nitrogens with one attached hydrogen (secondary N) is 2. The molecule has 2 aliphatic rings. The van der Waals surface area contributed by atoms with Crippen LogP contribution < -0.4 is 15.5 Å². The molecule has 42 heavy (non-hydrogen) atoms. The smallest absolute Gasteiger partial charge is 0.271 e. The number of anilines is 2. The number of hydrogen-bond acceptors (Lipinski definition) is 7. The van der Waals surface area contributed by atoms with Gasteiger partial charge in [0.15, 0.2) is 6.29 Å². The molecule has 0 bridgehead atoms. The topological polar surface area (TPSA) is 94.6 Å². The van der Waals surface area contributed by atoms with Gasteiger partial charge in [0.2, 0.25) is 0 Å². The highest BCUT2D eigenvalue weighted by atomic mass is 35.5. The number of ether oxygens (including phenoxy) is 2. The van der Waals surface area contributed by atoms with Crippen LogP contribution in [-0.2, 0) is 21.0 Å². The lowest BCUT2D eigenvalue weighted by Gasteiger charge is -2.22. The Balaban J connectivity index is 1.12. The van der Waals surface area contributed by atoms with Gasteiger partial charge in [0.1, 0.15) is 30.3 Å². The molecule has 1 fully saturated rings. The maximum Gasteiger partial charge on any atom is 0.271 e. The van der Waals surface area contributed by atoms with Crippen LogP contribution >= 0.6 is 11.6 Å². The van der Waals surface area contributed by atoms with Crippen LogP contribution in [0.25, 0.3) is 16.5 Å². The van der Waals surface area contributed by atoms with Crippen molar-refractivity contribution in [2.75, 3.05) is 11.9 Å². The van der Waals surface area contributed by atoms with Gasteiger partial charge in [0, 0.05) is 36.1 Å². The van der Waals surface area contributed by atoms with Gasteiger partial charge >= 0.3 is 0 Å². The third-order valence-corrected chi connectivity index (χ3v) is 7.36. The lowest BCUT2D eigenvalue weighted by atomic mass is 10.0. The molecule has 0 spiro atoms. The molecule has 1 aliphatic carbocycles. The van der Waals surface area contributed by atoms with E-state index in [-0.39, 0.29) is 18.3 Å². The Morgan fingerprint density at radius 3 is 2.83 bits per heavy atom. The molecule has 2 N–H and O–H groups in total. The predicted molar refractivity (Wildman–Crippen MR) is 159 cm³/mol. The van der Waals surface area contributed by atoms with Gasteiger partial charge in [-0.15, -0.1) is 0 Å². The molecule has 2 heterocycles. The number of halogens is 2. The average Bonchev–Trinajstić information content (AvgIpc) is 3.51. The summed E-state index contributed by atoms with van der Waals surface area (Å²) < 4.78 is 24.8. The number of hydroxylamine groups is 1. The van der Waals surface area contributed by atoms with Crippen molar-refractivity contribution in [1.29, 1.82) is 0 Å². The van der Waals surface area contributed by atoms with Crippen molar-refractivity contribution in [3.05, 3.63) is 107 Å². The zero-order valence-electron chi connectivity index (χ0n) is 22.6. The zero-order chi connectivity index (χ0) is 28.9. The van der Waals surface area contributed by atoms with E-state index in [1.54, 1.807) is 30.3 Å². The minimum atomic E-state index is -0.401. The Morgan fingerprint density at radius 2 is 2.00 bits per heavy atom. The Morgan fingerprint density at radius 1 is 1.07 bits per heavy atom. The lowest BCUT2D eigenvalue weighted by molar-refractivity contribution is -0.198. The zero-order valence-corrected chi connectivity index (χ0v) is 23.4. The summed E-state index contributed by atoms with van der Waals surface area (Å²) >= 11 is 6.49. The number of nitrogens with zero attached hydrogens (tertiary/aromatic N) is 2. The van der Waals surface area contributed by atoms with Gasteiger partial charge in [-0.3, -0.25) is 4.79 Å². The Labute approximate surface area is 247 Å². The van der Waals surface area contributed by atoms with Crippen LogP contribution in [0.4, 0.5) is 15.9 Å². The molecule has 4 aromatic rings. The second-order valence-corrected chi connectivity index (χ2v) is 10.5. The molecule has 10 heteroatoms. The minimum Gasteiger partial charge on any atom is -0.487 e. The first kappa shape index (κ1) is 27.8. The monoisotopic (exact) mass is 586 g/mol. The lowest BCUT2D eigenvalue weighted by Crippen LogP contribution is -2.33. The number of fused-ring (bicyclic) bond motifs is 1.